The summed E-state index contributed by atoms with van der Waals surface area (Å²) in [6.07, 6.45) is -8.11. The second kappa shape index (κ2) is 10.3. The van der Waals surface area contributed by atoms with Crippen LogP contribution in [0.2, 0.25) is 0 Å². The molecule has 3 rings (SSSR count). The Bertz CT molecular complexity index is 844. The SMILES string of the molecule is O=C(COC(F)(F)F)C(C[C@@H]1CCNC1=O)NC(=O)[C@@H]1CC2(CC2)CN1C(=O)COCC(F)(F)F. The van der Waals surface area contributed by atoms with Crippen molar-refractivity contribution in [1.82, 2.24) is 15.5 Å². The number of ether oxygens (including phenoxy) is 2. The molecule has 15 heteroatoms. The molecule has 3 fully saturated rings. The molecule has 3 aliphatic rings. The summed E-state index contributed by atoms with van der Waals surface area (Å²) < 4.78 is 82.2. The van der Waals surface area contributed by atoms with Gasteiger partial charge >= 0.3 is 12.5 Å². The summed E-state index contributed by atoms with van der Waals surface area (Å²) in [5, 5.41) is 4.87. The van der Waals surface area contributed by atoms with Gasteiger partial charge in [-0.3, -0.25) is 23.9 Å². The molecule has 1 unspecified atom stereocenters. The van der Waals surface area contributed by atoms with Crippen LogP contribution in [0.25, 0.3) is 0 Å². The summed E-state index contributed by atoms with van der Waals surface area (Å²) in [6.45, 7) is -3.52. The minimum atomic E-state index is -5.08. The molecule has 2 heterocycles. The van der Waals surface area contributed by atoms with E-state index in [1.807, 2.05) is 0 Å². The molecule has 0 aromatic heterocycles. The summed E-state index contributed by atoms with van der Waals surface area (Å²) in [4.78, 5) is 51.0. The number of carbonyl (C=O) groups excluding carboxylic acids is 4. The molecule has 0 aromatic carbocycles. The van der Waals surface area contributed by atoms with Crippen molar-refractivity contribution in [3.63, 3.8) is 0 Å². The monoisotopic (exact) mass is 517 g/mol. The third-order valence-electron chi connectivity index (χ3n) is 6.35. The molecule has 1 saturated carbocycles. The highest BCUT2D eigenvalue weighted by atomic mass is 19.4. The summed E-state index contributed by atoms with van der Waals surface area (Å²) in [5.74, 6) is -3.94. The van der Waals surface area contributed by atoms with E-state index in [1.54, 1.807) is 0 Å². The molecule has 2 N–H and O–H groups in total. The van der Waals surface area contributed by atoms with E-state index in [9.17, 15) is 45.5 Å². The first kappa shape index (κ1) is 27.2. The van der Waals surface area contributed by atoms with Crippen LogP contribution in [0.1, 0.15) is 32.1 Å². The highest BCUT2D eigenvalue weighted by Gasteiger charge is 2.55. The van der Waals surface area contributed by atoms with Gasteiger partial charge < -0.3 is 20.3 Å². The van der Waals surface area contributed by atoms with Gasteiger partial charge in [-0.25, -0.2) is 0 Å². The van der Waals surface area contributed by atoms with Crippen molar-refractivity contribution in [1.29, 1.82) is 0 Å². The van der Waals surface area contributed by atoms with E-state index in [1.165, 1.54) is 0 Å². The number of hydrogen-bond acceptors (Lipinski definition) is 6. The lowest BCUT2D eigenvalue weighted by molar-refractivity contribution is -0.321. The first-order valence-electron chi connectivity index (χ1n) is 10.9. The Balaban J connectivity index is 1.67. The van der Waals surface area contributed by atoms with Crippen LogP contribution < -0.4 is 10.6 Å². The molecule has 2 aliphatic heterocycles. The van der Waals surface area contributed by atoms with Crippen molar-refractivity contribution in [3.8, 4) is 0 Å². The number of halogens is 6. The quantitative estimate of drug-likeness (QED) is 0.419. The Hall–Kier alpha value is -2.42. The Kier molecular flexibility index (Phi) is 7.99. The molecule has 9 nitrogen and oxygen atoms in total. The van der Waals surface area contributed by atoms with Gasteiger partial charge in [-0.15, -0.1) is 13.2 Å². The highest BCUT2D eigenvalue weighted by Crippen LogP contribution is 2.54. The number of carbonyl (C=O) groups is 4. The van der Waals surface area contributed by atoms with Crippen molar-refractivity contribution in [2.24, 2.45) is 11.3 Å². The van der Waals surface area contributed by atoms with Gasteiger partial charge in [0.05, 0.1) is 6.04 Å². The van der Waals surface area contributed by atoms with E-state index in [4.69, 9.17) is 0 Å². The van der Waals surface area contributed by atoms with Crippen molar-refractivity contribution in [2.45, 2.75) is 56.7 Å². The van der Waals surface area contributed by atoms with Crippen LogP contribution in [0, 0.1) is 11.3 Å². The fourth-order valence-electron chi connectivity index (χ4n) is 4.38. The fraction of sp³-hybridized carbons (Fsp3) is 0.800. The van der Waals surface area contributed by atoms with Crippen LogP contribution in [0.3, 0.4) is 0 Å². The van der Waals surface area contributed by atoms with Crippen LogP contribution in [-0.2, 0) is 28.7 Å². The van der Waals surface area contributed by atoms with Crippen molar-refractivity contribution in [2.75, 3.05) is 32.9 Å². The van der Waals surface area contributed by atoms with Crippen molar-refractivity contribution < 1.29 is 55.0 Å². The van der Waals surface area contributed by atoms with E-state index in [-0.39, 0.29) is 24.8 Å². The van der Waals surface area contributed by atoms with Gasteiger partial charge in [0, 0.05) is 19.0 Å². The van der Waals surface area contributed by atoms with Gasteiger partial charge in [-0.2, -0.15) is 13.2 Å². The lowest BCUT2D eigenvalue weighted by atomic mass is 9.95. The number of rotatable bonds is 10. The smallest absolute Gasteiger partial charge is 0.362 e. The molecule has 3 atom stereocenters. The predicted molar refractivity (Wildman–Crippen MR) is 103 cm³/mol. The van der Waals surface area contributed by atoms with Gasteiger partial charge in [0.25, 0.3) is 0 Å². The maximum atomic E-state index is 13.0. The maximum Gasteiger partial charge on any atom is 0.522 e. The van der Waals surface area contributed by atoms with E-state index in [2.05, 4.69) is 20.1 Å². The number of nitrogens with zero attached hydrogens (tertiary/aromatic N) is 1. The standard InChI is InChI=1S/C20H25F6N3O6/c21-19(22,23)10-34-8-15(31)29-9-18(2-3-18)6-13(29)17(33)28-12(5-11-1-4-27-16(11)32)14(30)7-35-20(24,25)26/h11-13H,1-10H2,(H,27,32)(H,28,33)/t11-,12?,13-/m0/s1. The normalized spacial score (nSPS) is 24.4. The summed E-state index contributed by atoms with van der Waals surface area (Å²) in [7, 11) is 0. The van der Waals surface area contributed by atoms with Gasteiger partial charge in [0.1, 0.15) is 25.9 Å². The molecule has 2 saturated heterocycles. The van der Waals surface area contributed by atoms with Gasteiger partial charge in [-0.05, 0) is 37.5 Å². The third-order valence-corrected chi connectivity index (χ3v) is 6.35. The lowest BCUT2D eigenvalue weighted by Gasteiger charge is -2.27. The number of ketones is 1. The number of nitrogens with one attached hydrogen (secondary N) is 2. The second-order valence-electron chi connectivity index (χ2n) is 9.12. The van der Waals surface area contributed by atoms with E-state index < -0.39 is 73.9 Å². The molecule has 0 radical (unpaired) electrons. The molecule has 3 amide bonds. The molecule has 1 aliphatic carbocycles. The zero-order valence-corrected chi connectivity index (χ0v) is 18.5. The Morgan fingerprint density at radius 1 is 1.14 bits per heavy atom. The molecule has 1 spiro atoms. The first-order chi connectivity index (χ1) is 16.2. The van der Waals surface area contributed by atoms with Gasteiger partial charge in [0.2, 0.25) is 17.7 Å². The van der Waals surface area contributed by atoms with Crippen LogP contribution in [0.4, 0.5) is 26.3 Å². The topological polar surface area (TPSA) is 114 Å². The molecule has 0 aromatic rings. The average Bonchev–Trinajstić information content (AvgIpc) is 3.19. The largest absolute Gasteiger partial charge is 0.522 e. The molecule has 0 bridgehead atoms. The maximum absolute atomic E-state index is 13.0. The molecular formula is C20H25F6N3O6. The molecule has 35 heavy (non-hydrogen) atoms. The van der Waals surface area contributed by atoms with E-state index in [0.717, 1.165) is 4.90 Å². The van der Waals surface area contributed by atoms with Crippen molar-refractivity contribution in [3.05, 3.63) is 0 Å². The zero-order chi connectivity index (χ0) is 26.0. The lowest BCUT2D eigenvalue weighted by Crippen LogP contribution is -2.52. The predicted octanol–water partition coefficient (Wildman–Crippen LogP) is 1.06. The average molecular weight is 517 g/mol. The van der Waals surface area contributed by atoms with Crippen LogP contribution in [0.15, 0.2) is 0 Å². The number of hydrogen-bond donors (Lipinski definition) is 2. The molecular weight excluding hydrogens is 492 g/mol. The Labute approximate surface area is 195 Å². The minimum absolute atomic E-state index is 0.111. The number of alkyl halides is 6. The summed E-state index contributed by atoms with van der Waals surface area (Å²) in [5.41, 5.74) is -0.369. The van der Waals surface area contributed by atoms with Gasteiger partial charge in [0.15, 0.2) is 5.78 Å². The number of likely N-dealkylation sites (tertiary alicyclic amines) is 1. The third kappa shape index (κ3) is 7.78. The fourth-order valence-corrected chi connectivity index (χ4v) is 4.38. The summed E-state index contributed by atoms with van der Waals surface area (Å²) in [6, 6.07) is -2.64. The van der Waals surface area contributed by atoms with Crippen LogP contribution in [-0.4, -0.2) is 85.9 Å². The summed E-state index contributed by atoms with van der Waals surface area (Å²) >= 11 is 0. The highest BCUT2D eigenvalue weighted by molar-refractivity contribution is 5.94. The Morgan fingerprint density at radius 2 is 1.83 bits per heavy atom. The van der Waals surface area contributed by atoms with Crippen LogP contribution in [0.5, 0.6) is 0 Å². The second-order valence-corrected chi connectivity index (χ2v) is 9.12. The minimum Gasteiger partial charge on any atom is -0.362 e. The van der Waals surface area contributed by atoms with E-state index >= 15 is 0 Å². The van der Waals surface area contributed by atoms with E-state index in [0.29, 0.717) is 25.8 Å². The number of Topliss-reactive ketones (excluding diaryl/α,β-unsaturated/α-hetero) is 1. The van der Waals surface area contributed by atoms with Crippen molar-refractivity contribution >= 4 is 23.5 Å². The van der Waals surface area contributed by atoms with Gasteiger partial charge in [-0.1, -0.05) is 0 Å². The number of amides is 3. The zero-order valence-electron chi connectivity index (χ0n) is 18.5. The first-order valence-corrected chi connectivity index (χ1v) is 10.9. The Morgan fingerprint density at radius 3 is 2.37 bits per heavy atom. The van der Waals surface area contributed by atoms with Crippen LogP contribution >= 0.6 is 0 Å². The molecule has 198 valence electrons.